The lowest BCUT2D eigenvalue weighted by Crippen LogP contribution is -2.53. The Kier molecular flexibility index (Phi) is 6.55. The number of anilines is 1. The van der Waals surface area contributed by atoms with Crippen molar-refractivity contribution >= 4 is 17.6 Å². The predicted molar refractivity (Wildman–Crippen MR) is 123 cm³/mol. The number of carbonyl (C=O) groups excluding carboxylic acids is 2. The highest BCUT2D eigenvalue weighted by Gasteiger charge is 2.34. The smallest absolute Gasteiger partial charge is 0.322 e. The molecule has 4 rings (SSSR count). The van der Waals surface area contributed by atoms with E-state index in [9.17, 15) is 23.6 Å². The molecule has 3 amide bonds. The van der Waals surface area contributed by atoms with Crippen molar-refractivity contribution in [2.24, 2.45) is 0 Å². The van der Waals surface area contributed by atoms with Crippen LogP contribution in [0.4, 0.5) is 19.3 Å². The van der Waals surface area contributed by atoms with Crippen LogP contribution in [0.2, 0.25) is 0 Å². The van der Waals surface area contributed by atoms with E-state index in [1.54, 1.807) is 25.1 Å². The van der Waals surface area contributed by atoms with E-state index in [1.165, 1.54) is 11.0 Å². The van der Waals surface area contributed by atoms with Gasteiger partial charge < -0.3 is 15.5 Å². The standard InChI is InChI=1S/C26H22F2N4O2/c1-16(21-9-8-20(27)13-22(21)28)30-25(33)24(12-17-5-3-2-4-6-17)32-15-19-11-18(14-29)7-10-23(19)31-26(32)34/h2-11,13,16,24H,12,15H2,1H3,(H,30,33)(H,31,34)/t16-,24+/m1/s1. The summed E-state index contributed by atoms with van der Waals surface area (Å²) in [6.45, 7) is 1.72. The Balaban J connectivity index is 1.63. The Morgan fingerprint density at radius 2 is 1.91 bits per heavy atom. The molecule has 0 unspecified atom stereocenters. The highest BCUT2D eigenvalue weighted by Crippen LogP contribution is 2.27. The maximum atomic E-state index is 14.3. The van der Waals surface area contributed by atoms with Crippen LogP contribution in [0.15, 0.2) is 66.7 Å². The van der Waals surface area contributed by atoms with E-state index in [0.29, 0.717) is 16.8 Å². The lowest BCUT2D eigenvalue weighted by Gasteiger charge is -2.35. The van der Waals surface area contributed by atoms with Crippen molar-refractivity contribution in [3.63, 3.8) is 0 Å². The molecule has 2 atom stereocenters. The molecule has 3 aromatic rings. The Hall–Kier alpha value is -4.25. The van der Waals surface area contributed by atoms with Crippen molar-refractivity contribution in [3.8, 4) is 6.07 Å². The van der Waals surface area contributed by atoms with Crippen molar-refractivity contribution in [3.05, 3.63) is 101 Å². The van der Waals surface area contributed by atoms with Crippen LogP contribution in [-0.4, -0.2) is 22.9 Å². The maximum absolute atomic E-state index is 14.3. The first-order chi connectivity index (χ1) is 16.4. The second-order valence-corrected chi connectivity index (χ2v) is 8.14. The van der Waals surface area contributed by atoms with Crippen LogP contribution >= 0.6 is 0 Å². The third-order valence-corrected chi connectivity index (χ3v) is 5.82. The second-order valence-electron chi connectivity index (χ2n) is 8.14. The lowest BCUT2D eigenvalue weighted by atomic mass is 10.00. The number of amides is 3. The average Bonchev–Trinajstić information content (AvgIpc) is 2.82. The van der Waals surface area contributed by atoms with E-state index >= 15 is 0 Å². The molecular weight excluding hydrogens is 438 g/mol. The summed E-state index contributed by atoms with van der Waals surface area (Å²) in [5.74, 6) is -1.95. The van der Waals surface area contributed by atoms with Crippen molar-refractivity contribution in [1.82, 2.24) is 10.2 Å². The Labute approximate surface area is 195 Å². The van der Waals surface area contributed by atoms with Crippen LogP contribution in [0, 0.1) is 23.0 Å². The SMILES string of the molecule is C[C@@H](NC(=O)[C@H](Cc1ccccc1)N1Cc2cc(C#N)ccc2NC1=O)c1ccc(F)cc1F. The first-order valence-electron chi connectivity index (χ1n) is 10.8. The van der Waals surface area contributed by atoms with Gasteiger partial charge in [-0.1, -0.05) is 36.4 Å². The number of carbonyl (C=O) groups is 2. The fourth-order valence-electron chi connectivity index (χ4n) is 4.03. The molecule has 172 valence electrons. The van der Waals surface area contributed by atoms with Crippen LogP contribution in [0.5, 0.6) is 0 Å². The van der Waals surface area contributed by atoms with E-state index in [0.717, 1.165) is 17.7 Å². The summed E-state index contributed by atoms with van der Waals surface area (Å²) in [4.78, 5) is 27.8. The molecule has 0 spiro atoms. The third-order valence-electron chi connectivity index (χ3n) is 5.82. The minimum Gasteiger partial charge on any atom is -0.348 e. The minimum absolute atomic E-state index is 0.126. The van der Waals surface area contributed by atoms with E-state index < -0.39 is 35.7 Å². The van der Waals surface area contributed by atoms with E-state index in [4.69, 9.17) is 0 Å². The van der Waals surface area contributed by atoms with Crippen LogP contribution in [0.3, 0.4) is 0 Å². The monoisotopic (exact) mass is 460 g/mol. The molecule has 0 saturated carbocycles. The molecule has 0 fully saturated rings. The molecule has 3 aromatic carbocycles. The van der Waals surface area contributed by atoms with E-state index in [2.05, 4.69) is 16.7 Å². The Morgan fingerprint density at radius 3 is 2.62 bits per heavy atom. The molecular formula is C26H22F2N4O2. The van der Waals surface area contributed by atoms with Gasteiger partial charge in [-0.25, -0.2) is 13.6 Å². The molecule has 8 heteroatoms. The summed E-state index contributed by atoms with van der Waals surface area (Å²) in [6.07, 6.45) is 0.228. The second kappa shape index (κ2) is 9.71. The number of nitriles is 1. The summed E-state index contributed by atoms with van der Waals surface area (Å²) in [5.41, 5.74) is 2.72. The van der Waals surface area contributed by atoms with Crippen molar-refractivity contribution < 1.29 is 18.4 Å². The van der Waals surface area contributed by atoms with Crippen LogP contribution in [0.1, 0.15) is 35.2 Å². The molecule has 2 N–H and O–H groups in total. The number of halogens is 2. The van der Waals surface area contributed by atoms with Crippen LogP contribution in [-0.2, 0) is 17.8 Å². The third kappa shape index (κ3) is 4.89. The molecule has 0 aromatic heterocycles. The zero-order chi connectivity index (χ0) is 24.2. The number of hydrogen-bond donors (Lipinski definition) is 2. The molecule has 1 aliphatic rings. The molecule has 0 bridgehead atoms. The van der Waals surface area contributed by atoms with E-state index in [-0.39, 0.29) is 18.5 Å². The minimum atomic E-state index is -0.910. The molecule has 0 saturated heterocycles. The summed E-state index contributed by atoms with van der Waals surface area (Å²) in [5, 5.41) is 14.8. The molecule has 0 radical (unpaired) electrons. The number of urea groups is 1. The topological polar surface area (TPSA) is 85.2 Å². The summed E-state index contributed by atoms with van der Waals surface area (Å²) >= 11 is 0. The zero-order valence-electron chi connectivity index (χ0n) is 18.4. The predicted octanol–water partition coefficient (Wildman–Crippen LogP) is 4.67. The summed E-state index contributed by atoms with van der Waals surface area (Å²) in [6, 6.07) is 17.3. The van der Waals surface area contributed by atoms with E-state index in [1.807, 2.05) is 30.3 Å². The highest BCUT2D eigenvalue weighted by atomic mass is 19.1. The average molecular weight is 460 g/mol. The van der Waals surface area contributed by atoms with Gasteiger partial charge in [0.1, 0.15) is 17.7 Å². The quantitative estimate of drug-likeness (QED) is 0.561. The van der Waals surface area contributed by atoms with Crippen molar-refractivity contribution in [1.29, 1.82) is 5.26 Å². The van der Waals surface area contributed by atoms with Gasteiger partial charge in [-0.05, 0) is 42.3 Å². The summed E-state index contributed by atoms with van der Waals surface area (Å²) in [7, 11) is 0. The molecule has 34 heavy (non-hydrogen) atoms. The van der Waals surface area contributed by atoms with Crippen LogP contribution in [0.25, 0.3) is 0 Å². The van der Waals surface area contributed by atoms with Gasteiger partial charge in [0.25, 0.3) is 0 Å². The molecule has 0 aliphatic carbocycles. The molecule has 1 aliphatic heterocycles. The molecule has 1 heterocycles. The number of nitrogens with one attached hydrogen (secondary N) is 2. The van der Waals surface area contributed by atoms with Gasteiger partial charge in [-0.3, -0.25) is 4.79 Å². The Bertz CT molecular complexity index is 1270. The number of benzene rings is 3. The number of nitrogens with zero attached hydrogens (tertiary/aromatic N) is 2. The lowest BCUT2D eigenvalue weighted by molar-refractivity contribution is -0.126. The first-order valence-corrected chi connectivity index (χ1v) is 10.8. The van der Waals surface area contributed by atoms with Crippen molar-refractivity contribution in [2.45, 2.75) is 32.0 Å². The summed E-state index contributed by atoms with van der Waals surface area (Å²) < 4.78 is 27.6. The van der Waals surface area contributed by atoms with Gasteiger partial charge in [0, 0.05) is 23.7 Å². The highest BCUT2D eigenvalue weighted by molar-refractivity contribution is 5.96. The number of rotatable bonds is 6. The zero-order valence-corrected chi connectivity index (χ0v) is 18.4. The molecule has 6 nitrogen and oxygen atoms in total. The van der Waals surface area contributed by atoms with Gasteiger partial charge in [0.15, 0.2) is 0 Å². The van der Waals surface area contributed by atoms with Gasteiger partial charge >= 0.3 is 6.03 Å². The first kappa shape index (κ1) is 22.9. The fraction of sp³-hybridized carbons (Fsp3) is 0.192. The largest absolute Gasteiger partial charge is 0.348 e. The van der Waals surface area contributed by atoms with Gasteiger partial charge in [-0.2, -0.15) is 5.26 Å². The maximum Gasteiger partial charge on any atom is 0.322 e. The van der Waals surface area contributed by atoms with Gasteiger partial charge in [0.2, 0.25) is 5.91 Å². The number of fused-ring (bicyclic) bond motifs is 1. The normalized spacial score (nSPS) is 14.4. The number of hydrogen-bond acceptors (Lipinski definition) is 3. The van der Waals surface area contributed by atoms with Gasteiger partial charge in [-0.15, -0.1) is 0 Å². The fourth-order valence-corrected chi connectivity index (χ4v) is 4.03. The Morgan fingerprint density at radius 1 is 1.15 bits per heavy atom. The van der Waals surface area contributed by atoms with Gasteiger partial charge in [0.05, 0.1) is 24.2 Å². The van der Waals surface area contributed by atoms with Crippen LogP contribution < -0.4 is 10.6 Å². The van der Waals surface area contributed by atoms with Crippen molar-refractivity contribution in [2.75, 3.05) is 5.32 Å².